The van der Waals surface area contributed by atoms with Crippen molar-refractivity contribution in [1.29, 1.82) is 0 Å². The third-order valence-corrected chi connectivity index (χ3v) is 5.23. The largest absolute Gasteiger partial charge is 0.467 e. The van der Waals surface area contributed by atoms with Gasteiger partial charge in [-0.25, -0.2) is 4.79 Å². The second kappa shape index (κ2) is 11.5. The molecule has 0 saturated carbocycles. The van der Waals surface area contributed by atoms with E-state index in [1.54, 1.807) is 7.11 Å². The molecule has 0 N–H and O–H groups in total. The summed E-state index contributed by atoms with van der Waals surface area (Å²) in [5, 5.41) is 0. The first-order valence-electron chi connectivity index (χ1n) is 9.18. The van der Waals surface area contributed by atoms with E-state index in [9.17, 15) is 4.79 Å². The molecule has 0 aromatic heterocycles. The highest BCUT2D eigenvalue weighted by Crippen LogP contribution is 2.32. The van der Waals surface area contributed by atoms with Gasteiger partial charge < -0.3 is 47.4 Å². The van der Waals surface area contributed by atoms with Crippen molar-refractivity contribution in [2.24, 2.45) is 0 Å². The molecule has 0 bridgehead atoms. The second-order valence-corrected chi connectivity index (χ2v) is 6.56. The molecule has 2 heterocycles. The highest BCUT2D eigenvalue weighted by molar-refractivity contribution is 5.75. The van der Waals surface area contributed by atoms with Crippen LogP contribution < -0.4 is 0 Å². The molecular formula is C18H32O11. The number of hydrogen-bond donors (Lipinski definition) is 0. The Morgan fingerprint density at radius 1 is 0.690 bits per heavy atom. The van der Waals surface area contributed by atoms with Gasteiger partial charge in [-0.05, 0) is 0 Å². The normalized spacial score (nSPS) is 40.6. The average molecular weight is 424 g/mol. The maximum absolute atomic E-state index is 12.3. The van der Waals surface area contributed by atoms with Gasteiger partial charge in [0.05, 0.1) is 13.7 Å². The molecule has 170 valence electrons. The van der Waals surface area contributed by atoms with Gasteiger partial charge in [0.25, 0.3) is 0 Å². The van der Waals surface area contributed by atoms with Crippen molar-refractivity contribution < 1.29 is 52.2 Å². The number of carbonyl (C=O) groups is 1. The molecule has 0 spiro atoms. The molecule has 29 heavy (non-hydrogen) atoms. The highest BCUT2D eigenvalue weighted by Gasteiger charge is 2.53. The molecule has 5 unspecified atom stereocenters. The van der Waals surface area contributed by atoms with Crippen LogP contribution in [0.5, 0.6) is 0 Å². The minimum atomic E-state index is -1.09. The molecule has 2 saturated heterocycles. The third kappa shape index (κ3) is 5.06. The quantitative estimate of drug-likeness (QED) is 0.440. The molecule has 9 atom stereocenters. The van der Waals surface area contributed by atoms with Crippen molar-refractivity contribution >= 4 is 5.97 Å². The summed E-state index contributed by atoms with van der Waals surface area (Å²) < 4.78 is 55.6. The van der Waals surface area contributed by atoms with Crippen LogP contribution in [0.2, 0.25) is 0 Å². The van der Waals surface area contributed by atoms with E-state index >= 15 is 0 Å². The standard InChI is InChI=1S/C18H32O11/c1-20-9-8-27-17(26-7)15(10(9)21-2)29-18-14(24-5)12(23-4)11(22-3)13(28-18)16(19)25-6/h9-15,17-18H,8H2,1-7H3/t9-,10+,11?,12?,13?,14?,15+,17+,18?/m1/s1. The first-order chi connectivity index (χ1) is 14.0. The molecule has 0 aromatic rings. The maximum atomic E-state index is 12.3. The van der Waals surface area contributed by atoms with Crippen LogP contribution in [0.1, 0.15) is 0 Å². The minimum absolute atomic E-state index is 0.268. The molecule has 2 aliphatic rings. The summed E-state index contributed by atoms with van der Waals surface area (Å²) in [6, 6.07) is 0. The van der Waals surface area contributed by atoms with Crippen LogP contribution in [0.3, 0.4) is 0 Å². The van der Waals surface area contributed by atoms with Crippen LogP contribution in [-0.4, -0.2) is 118 Å². The number of hydrogen-bond acceptors (Lipinski definition) is 11. The minimum Gasteiger partial charge on any atom is -0.467 e. The van der Waals surface area contributed by atoms with E-state index in [-0.39, 0.29) is 12.7 Å². The summed E-state index contributed by atoms with van der Waals surface area (Å²) in [4.78, 5) is 12.3. The molecule has 0 aliphatic carbocycles. The summed E-state index contributed by atoms with van der Waals surface area (Å²) in [6.07, 6.45) is -6.65. The van der Waals surface area contributed by atoms with E-state index < -0.39 is 55.2 Å². The van der Waals surface area contributed by atoms with Crippen molar-refractivity contribution in [1.82, 2.24) is 0 Å². The number of ether oxygens (including phenoxy) is 10. The molecule has 0 aromatic carbocycles. The van der Waals surface area contributed by atoms with E-state index in [1.807, 2.05) is 0 Å². The Hall–Kier alpha value is -0.890. The molecule has 0 radical (unpaired) electrons. The number of esters is 1. The fraction of sp³-hybridized carbons (Fsp3) is 0.944. The predicted molar refractivity (Wildman–Crippen MR) is 96.3 cm³/mol. The first-order valence-corrected chi connectivity index (χ1v) is 9.18. The van der Waals surface area contributed by atoms with Crippen LogP contribution in [0.15, 0.2) is 0 Å². The Morgan fingerprint density at radius 3 is 1.79 bits per heavy atom. The van der Waals surface area contributed by atoms with Gasteiger partial charge >= 0.3 is 5.97 Å². The zero-order chi connectivity index (χ0) is 21.6. The van der Waals surface area contributed by atoms with Crippen LogP contribution in [0.25, 0.3) is 0 Å². The van der Waals surface area contributed by atoms with E-state index in [4.69, 9.17) is 47.4 Å². The van der Waals surface area contributed by atoms with E-state index in [0.717, 1.165) is 0 Å². The topological polar surface area (TPSA) is 109 Å². The van der Waals surface area contributed by atoms with Gasteiger partial charge in [0, 0.05) is 42.7 Å². The zero-order valence-corrected chi connectivity index (χ0v) is 17.9. The average Bonchev–Trinajstić information content (AvgIpc) is 2.76. The van der Waals surface area contributed by atoms with Crippen molar-refractivity contribution in [2.45, 2.75) is 55.3 Å². The van der Waals surface area contributed by atoms with Gasteiger partial charge in [-0.2, -0.15) is 0 Å². The summed E-state index contributed by atoms with van der Waals surface area (Å²) in [6.45, 7) is 0.268. The fourth-order valence-electron chi connectivity index (χ4n) is 3.73. The molecule has 2 rings (SSSR count). The lowest BCUT2D eigenvalue weighted by Gasteiger charge is -2.47. The first kappa shape index (κ1) is 24.4. The Balaban J connectivity index is 2.31. The SMILES string of the molecule is COC(=O)C1OC(O[C@@H]2[C@@H](OC)OC[C@@H](OC)[C@@H]2OC)C(OC)C(OC)C1OC. The number of methoxy groups -OCH3 is 7. The Bertz CT molecular complexity index is 504. The predicted octanol–water partition coefficient (Wildman–Crippen LogP) is -0.653. The van der Waals surface area contributed by atoms with E-state index in [1.165, 1.54) is 42.7 Å². The molecule has 0 amide bonds. The van der Waals surface area contributed by atoms with Crippen LogP contribution in [0.4, 0.5) is 0 Å². The van der Waals surface area contributed by atoms with Gasteiger partial charge in [0.2, 0.25) is 0 Å². The zero-order valence-electron chi connectivity index (χ0n) is 17.9. The van der Waals surface area contributed by atoms with Crippen molar-refractivity contribution in [3.8, 4) is 0 Å². The lowest BCUT2D eigenvalue weighted by molar-refractivity contribution is -0.357. The van der Waals surface area contributed by atoms with Gasteiger partial charge in [-0.15, -0.1) is 0 Å². The summed E-state index contributed by atoms with van der Waals surface area (Å²) in [7, 11) is 10.3. The molecule has 11 heteroatoms. The Morgan fingerprint density at radius 2 is 1.31 bits per heavy atom. The van der Waals surface area contributed by atoms with E-state index in [2.05, 4.69) is 0 Å². The van der Waals surface area contributed by atoms with Gasteiger partial charge in [-0.1, -0.05) is 0 Å². The Labute approximate surface area is 170 Å². The lowest BCUT2D eigenvalue weighted by atomic mass is 9.97. The second-order valence-electron chi connectivity index (χ2n) is 6.56. The van der Waals surface area contributed by atoms with E-state index in [0.29, 0.717) is 0 Å². The van der Waals surface area contributed by atoms with Gasteiger partial charge in [-0.3, -0.25) is 0 Å². The van der Waals surface area contributed by atoms with Gasteiger partial charge in [0.15, 0.2) is 18.7 Å². The van der Waals surface area contributed by atoms with Crippen molar-refractivity contribution in [3.63, 3.8) is 0 Å². The molecule has 2 aliphatic heterocycles. The summed E-state index contributed by atoms with van der Waals surface area (Å²) >= 11 is 0. The lowest BCUT2D eigenvalue weighted by Crippen LogP contribution is -2.65. The fourth-order valence-corrected chi connectivity index (χ4v) is 3.73. The Kier molecular flexibility index (Phi) is 9.66. The van der Waals surface area contributed by atoms with Crippen LogP contribution in [0, 0.1) is 0 Å². The monoisotopic (exact) mass is 424 g/mol. The van der Waals surface area contributed by atoms with Crippen LogP contribution in [-0.2, 0) is 52.2 Å². The maximum Gasteiger partial charge on any atom is 0.337 e. The number of rotatable bonds is 9. The molecule has 2 fully saturated rings. The highest BCUT2D eigenvalue weighted by atomic mass is 16.8. The molecular weight excluding hydrogens is 392 g/mol. The summed E-state index contributed by atoms with van der Waals surface area (Å²) in [5.74, 6) is -0.622. The number of carbonyl (C=O) groups excluding carboxylic acids is 1. The third-order valence-electron chi connectivity index (χ3n) is 5.23. The van der Waals surface area contributed by atoms with Gasteiger partial charge in [0.1, 0.15) is 36.6 Å². The molecule has 11 nitrogen and oxygen atoms in total. The van der Waals surface area contributed by atoms with Crippen molar-refractivity contribution in [3.05, 3.63) is 0 Å². The smallest absolute Gasteiger partial charge is 0.337 e. The van der Waals surface area contributed by atoms with Crippen molar-refractivity contribution in [2.75, 3.05) is 56.4 Å². The van der Waals surface area contributed by atoms with Crippen LogP contribution >= 0.6 is 0 Å². The summed E-state index contributed by atoms with van der Waals surface area (Å²) in [5.41, 5.74) is 0.